The summed E-state index contributed by atoms with van der Waals surface area (Å²) >= 11 is 0. The fourth-order valence-electron chi connectivity index (χ4n) is 0.510. The van der Waals surface area contributed by atoms with E-state index in [1.165, 1.54) is 12.8 Å². The van der Waals surface area contributed by atoms with Gasteiger partial charge in [-0.1, -0.05) is 0 Å². The van der Waals surface area contributed by atoms with Gasteiger partial charge in [0, 0.05) is 26.3 Å². The molecule has 0 spiro atoms. The van der Waals surface area contributed by atoms with Gasteiger partial charge in [-0.3, -0.25) is 0 Å². The minimum Gasteiger partial charge on any atom is -0.550 e. The Hall–Kier alpha value is -0.610. The second kappa shape index (κ2) is 12.1. The summed E-state index contributed by atoms with van der Waals surface area (Å²) in [5, 5.41) is 15.9. The van der Waals surface area contributed by atoms with E-state index in [0.717, 1.165) is 27.2 Å². The molecule has 0 aromatic heterocycles. The minimum absolute atomic E-state index is 0.972. The van der Waals surface area contributed by atoms with Crippen molar-refractivity contribution in [1.29, 1.82) is 0 Å². The molecule has 1 N–H and O–H groups in total. The fourth-order valence-corrected chi connectivity index (χ4v) is 0.510. The second-order valence-corrected chi connectivity index (χ2v) is 1.81. The number of aliphatic hydroxyl groups is 1. The highest BCUT2D eigenvalue weighted by atomic mass is 16.5. The van der Waals surface area contributed by atoms with Gasteiger partial charge in [0.2, 0.25) is 0 Å². The molecule has 1 aliphatic heterocycles. The molecule has 1 rings (SSSR count). The average Bonchev–Trinajstić information content (AvgIpc) is 2.44. The van der Waals surface area contributed by atoms with Crippen LogP contribution in [0, 0.1) is 0 Å². The van der Waals surface area contributed by atoms with E-state index in [4.69, 9.17) is 19.7 Å². The van der Waals surface area contributed by atoms with Gasteiger partial charge >= 0.3 is 0 Å². The van der Waals surface area contributed by atoms with Crippen LogP contribution in [-0.4, -0.2) is 31.4 Å². The molecule has 1 saturated heterocycles. The summed E-state index contributed by atoms with van der Waals surface area (Å²) in [6.45, 7) is 2.97. The maximum absolute atomic E-state index is 8.89. The molecular formula is C7H15O4-. The van der Waals surface area contributed by atoms with Crippen LogP contribution < -0.4 is 5.11 Å². The average molecular weight is 163 g/mol. The number of carboxylic acids is 1. The molecule has 0 aromatic carbocycles. The van der Waals surface area contributed by atoms with Crippen LogP contribution >= 0.6 is 0 Å². The first-order valence-electron chi connectivity index (χ1n) is 3.43. The Labute approximate surface area is 66.8 Å². The number of hydrogen-bond acceptors (Lipinski definition) is 4. The first kappa shape index (κ1) is 13.0. The molecule has 0 bridgehead atoms. The van der Waals surface area contributed by atoms with Gasteiger partial charge in [0.05, 0.1) is 0 Å². The van der Waals surface area contributed by atoms with E-state index in [1.807, 2.05) is 0 Å². The van der Waals surface area contributed by atoms with Crippen LogP contribution in [-0.2, 0) is 9.53 Å². The van der Waals surface area contributed by atoms with Gasteiger partial charge in [0.1, 0.15) is 0 Å². The van der Waals surface area contributed by atoms with E-state index < -0.39 is 5.97 Å². The maximum atomic E-state index is 8.89. The zero-order valence-corrected chi connectivity index (χ0v) is 7.00. The Morgan fingerprint density at radius 3 is 1.73 bits per heavy atom. The van der Waals surface area contributed by atoms with E-state index in [9.17, 15) is 0 Å². The molecule has 0 radical (unpaired) electrons. The molecule has 68 valence electrons. The summed E-state index contributed by atoms with van der Waals surface area (Å²) in [5.74, 6) is -1.08. The first-order valence-corrected chi connectivity index (χ1v) is 3.43. The Morgan fingerprint density at radius 1 is 1.36 bits per heavy atom. The van der Waals surface area contributed by atoms with E-state index in [-0.39, 0.29) is 0 Å². The van der Waals surface area contributed by atoms with Gasteiger partial charge < -0.3 is 19.7 Å². The zero-order valence-electron chi connectivity index (χ0n) is 7.00. The van der Waals surface area contributed by atoms with Crippen LogP contribution in [0.15, 0.2) is 0 Å². The van der Waals surface area contributed by atoms with Gasteiger partial charge in [0.15, 0.2) is 0 Å². The fraction of sp³-hybridized carbons (Fsp3) is 0.857. The van der Waals surface area contributed by atoms with Gasteiger partial charge in [0.25, 0.3) is 0 Å². The van der Waals surface area contributed by atoms with Crippen LogP contribution in [0.2, 0.25) is 0 Å². The molecule has 1 heterocycles. The van der Waals surface area contributed by atoms with Gasteiger partial charge in [-0.2, -0.15) is 0 Å². The highest BCUT2D eigenvalue weighted by molar-refractivity contribution is 5.60. The van der Waals surface area contributed by atoms with Crippen LogP contribution in [0.1, 0.15) is 19.8 Å². The van der Waals surface area contributed by atoms with Crippen LogP contribution in [0.5, 0.6) is 0 Å². The number of aliphatic hydroxyl groups excluding tert-OH is 1. The minimum atomic E-state index is -1.08. The van der Waals surface area contributed by atoms with Gasteiger partial charge in [-0.25, -0.2) is 0 Å². The standard InChI is InChI=1S/C4H8O.C2H4O2.CH4O/c1-2-4-5-3-1;1-2(3)4;1-2/h1-4H2;1H3,(H,3,4);2H,1H3/p-1. The molecule has 4 heteroatoms. The third-order valence-electron chi connectivity index (χ3n) is 0.827. The molecule has 0 saturated carbocycles. The Kier molecular flexibility index (Phi) is 14.3. The lowest BCUT2D eigenvalue weighted by Gasteiger charge is -1.77. The van der Waals surface area contributed by atoms with E-state index in [1.54, 1.807) is 0 Å². The lowest BCUT2D eigenvalue weighted by atomic mass is 10.4. The van der Waals surface area contributed by atoms with E-state index >= 15 is 0 Å². The zero-order chi connectivity index (χ0) is 9.11. The lowest BCUT2D eigenvalue weighted by Crippen LogP contribution is -2.16. The largest absolute Gasteiger partial charge is 0.550 e. The van der Waals surface area contributed by atoms with Crippen LogP contribution in [0.3, 0.4) is 0 Å². The van der Waals surface area contributed by atoms with E-state index in [2.05, 4.69) is 0 Å². The predicted octanol–water partition coefficient (Wildman–Crippen LogP) is -0.838. The summed E-state index contributed by atoms with van der Waals surface area (Å²) < 4.78 is 4.94. The number of aliphatic carboxylic acids is 1. The SMILES string of the molecule is C1CCOC1.CC(=O)[O-].CO. The van der Waals surface area contributed by atoms with Crippen molar-refractivity contribution in [3.8, 4) is 0 Å². The number of hydrogen-bond donors (Lipinski definition) is 1. The van der Waals surface area contributed by atoms with Crippen molar-refractivity contribution in [2.45, 2.75) is 19.8 Å². The monoisotopic (exact) mass is 163 g/mol. The number of rotatable bonds is 0. The molecule has 1 fully saturated rings. The Morgan fingerprint density at radius 2 is 1.64 bits per heavy atom. The van der Waals surface area contributed by atoms with Crippen molar-refractivity contribution in [2.75, 3.05) is 20.3 Å². The molecule has 0 aliphatic carbocycles. The quantitative estimate of drug-likeness (QED) is 0.505. The van der Waals surface area contributed by atoms with Crippen molar-refractivity contribution in [1.82, 2.24) is 0 Å². The van der Waals surface area contributed by atoms with Gasteiger partial charge in [-0.05, 0) is 19.8 Å². The number of carbonyl (C=O) groups is 1. The highest BCUT2D eigenvalue weighted by Gasteiger charge is 1.94. The predicted molar refractivity (Wildman–Crippen MR) is 38.9 cm³/mol. The third kappa shape index (κ3) is 26.6. The first-order chi connectivity index (χ1) is 5.23. The van der Waals surface area contributed by atoms with Crippen molar-refractivity contribution < 1.29 is 19.7 Å². The van der Waals surface area contributed by atoms with Crippen molar-refractivity contribution >= 4 is 5.97 Å². The summed E-state index contributed by atoms with van der Waals surface area (Å²) in [5.41, 5.74) is 0. The molecule has 4 nitrogen and oxygen atoms in total. The number of ether oxygens (including phenoxy) is 1. The summed E-state index contributed by atoms with van der Waals surface area (Å²) in [7, 11) is 1.00. The molecule has 1 aliphatic rings. The molecule has 0 aromatic rings. The van der Waals surface area contributed by atoms with Crippen LogP contribution in [0.25, 0.3) is 0 Å². The smallest absolute Gasteiger partial charge is 0.0466 e. The van der Waals surface area contributed by atoms with E-state index in [0.29, 0.717) is 0 Å². The third-order valence-corrected chi connectivity index (χ3v) is 0.827. The normalized spacial score (nSPS) is 13.7. The summed E-state index contributed by atoms with van der Waals surface area (Å²) in [6, 6.07) is 0. The lowest BCUT2D eigenvalue weighted by molar-refractivity contribution is -0.302. The summed E-state index contributed by atoms with van der Waals surface area (Å²) in [6.07, 6.45) is 2.56. The second-order valence-electron chi connectivity index (χ2n) is 1.81. The Balaban J connectivity index is 0. The van der Waals surface area contributed by atoms with Crippen LogP contribution in [0.4, 0.5) is 0 Å². The molecule has 0 unspecified atom stereocenters. The van der Waals surface area contributed by atoms with Crippen molar-refractivity contribution in [3.05, 3.63) is 0 Å². The van der Waals surface area contributed by atoms with Gasteiger partial charge in [-0.15, -0.1) is 0 Å². The summed E-state index contributed by atoms with van der Waals surface area (Å²) in [4.78, 5) is 8.89. The number of carbonyl (C=O) groups excluding carboxylic acids is 1. The van der Waals surface area contributed by atoms with Crippen molar-refractivity contribution in [3.63, 3.8) is 0 Å². The molecule has 0 atom stereocenters. The topological polar surface area (TPSA) is 69.6 Å². The highest BCUT2D eigenvalue weighted by Crippen LogP contribution is 1.98. The molecule has 0 amide bonds. The van der Waals surface area contributed by atoms with Crippen molar-refractivity contribution in [2.24, 2.45) is 0 Å². The molecule has 11 heavy (non-hydrogen) atoms. The number of carboxylic acid groups (broad SMARTS) is 1. The molecular weight excluding hydrogens is 148 g/mol. The Bertz CT molecular complexity index is 66.9. The maximum Gasteiger partial charge on any atom is 0.0466 e.